The number of aryl methyl sites for hydroxylation is 2. The van der Waals surface area contributed by atoms with Crippen molar-refractivity contribution in [3.8, 4) is 5.75 Å². The molecular formula is C17H20BrNO. The average molecular weight is 334 g/mol. The first-order valence-electron chi connectivity index (χ1n) is 6.69. The highest BCUT2D eigenvalue weighted by atomic mass is 79.9. The SMILES string of the molecule is Cc1cc(C)c(C)c(OCc2ccc(CN)cc2Br)c1. The first-order valence-corrected chi connectivity index (χ1v) is 7.48. The van der Waals surface area contributed by atoms with Crippen LogP contribution >= 0.6 is 15.9 Å². The molecule has 2 N–H and O–H groups in total. The van der Waals surface area contributed by atoms with Gasteiger partial charge in [-0.15, -0.1) is 0 Å². The fourth-order valence-electron chi connectivity index (χ4n) is 2.14. The number of benzene rings is 2. The van der Waals surface area contributed by atoms with Crippen LogP contribution in [-0.2, 0) is 13.2 Å². The smallest absolute Gasteiger partial charge is 0.123 e. The lowest BCUT2D eigenvalue weighted by atomic mass is 10.1. The van der Waals surface area contributed by atoms with E-state index in [2.05, 4.69) is 54.9 Å². The van der Waals surface area contributed by atoms with E-state index in [1.165, 1.54) is 16.7 Å². The number of halogens is 1. The second-order valence-electron chi connectivity index (χ2n) is 5.12. The summed E-state index contributed by atoms with van der Waals surface area (Å²) in [5, 5.41) is 0. The summed E-state index contributed by atoms with van der Waals surface area (Å²) in [6.07, 6.45) is 0. The highest BCUT2D eigenvalue weighted by molar-refractivity contribution is 9.10. The molecule has 0 aliphatic heterocycles. The molecule has 0 atom stereocenters. The third-order valence-electron chi connectivity index (χ3n) is 3.50. The fourth-order valence-corrected chi connectivity index (χ4v) is 2.68. The van der Waals surface area contributed by atoms with E-state index in [4.69, 9.17) is 10.5 Å². The average Bonchev–Trinajstić information content (AvgIpc) is 2.42. The zero-order valence-corrected chi connectivity index (χ0v) is 13.8. The van der Waals surface area contributed by atoms with Gasteiger partial charge in [-0.25, -0.2) is 0 Å². The van der Waals surface area contributed by atoms with Gasteiger partial charge >= 0.3 is 0 Å². The summed E-state index contributed by atoms with van der Waals surface area (Å²) in [6.45, 7) is 7.40. The molecule has 0 bridgehead atoms. The Kier molecular flexibility index (Phi) is 4.84. The molecule has 3 heteroatoms. The molecule has 20 heavy (non-hydrogen) atoms. The Balaban J connectivity index is 2.17. The molecule has 0 fully saturated rings. The lowest BCUT2D eigenvalue weighted by Gasteiger charge is -2.13. The maximum Gasteiger partial charge on any atom is 0.123 e. The van der Waals surface area contributed by atoms with Crippen LogP contribution in [-0.4, -0.2) is 0 Å². The minimum absolute atomic E-state index is 0.551. The molecule has 0 aromatic heterocycles. The molecule has 0 aliphatic rings. The molecule has 0 radical (unpaired) electrons. The van der Waals surface area contributed by atoms with Crippen LogP contribution in [0.4, 0.5) is 0 Å². The number of hydrogen-bond donors (Lipinski definition) is 1. The van der Waals surface area contributed by atoms with Crippen LogP contribution in [0.5, 0.6) is 5.75 Å². The van der Waals surface area contributed by atoms with Gasteiger partial charge in [-0.2, -0.15) is 0 Å². The monoisotopic (exact) mass is 333 g/mol. The highest BCUT2D eigenvalue weighted by Gasteiger charge is 2.06. The molecule has 0 aliphatic carbocycles. The number of rotatable bonds is 4. The normalized spacial score (nSPS) is 10.7. The van der Waals surface area contributed by atoms with Crippen molar-refractivity contribution in [3.05, 3.63) is 62.6 Å². The van der Waals surface area contributed by atoms with Crippen LogP contribution in [0, 0.1) is 20.8 Å². The summed E-state index contributed by atoms with van der Waals surface area (Å²) in [4.78, 5) is 0. The summed E-state index contributed by atoms with van der Waals surface area (Å²) in [6, 6.07) is 10.4. The van der Waals surface area contributed by atoms with Crippen molar-refractivity contribution >= 4 is 15.9 Å². The van der Waals surface area contributed by atoms with E-state index in [9.17, 15) is 0 Å². The van der Waals surface area contributed by atoms with E-state index in [0.717, 1.165) is 21.3 Å². The quantitative estimate of drug-likeness (QED) is 0.899. The van der Waals surface area contributed by atoms with E-state index >= 15 is 0 Å². The molecule has 0 heterocycles. The van der Waals surface area contributed by atoms with Gasteiger partial charge in [0.1, 0.15) is 12.4 Å². The van der Waals surface area contributed by atoms with Crippen molar-refractivity contribution in [1.29, 1.82) is 0 Å². The van der Waals surface area contributed by atoms with Gasteiger partial charge in [0, 0.05) is 16.6 Å². The summed E-state index contributed by atoms with van der Waals surface area (Å²) >= 11 is 3.57. The van der Waals surface area contributed by atoms with Crippen LogP contribution in [0.25, 0.3) is 0 Å². The van der Waals surface area contributed by atoms with Gasteiger partial charge in [0.15, 0.2) is 0 Å². The van der Waals surface area contributed by atoms with Crippen LogP contribution in [0.3, 0.4) is 0 Å². The Morgan fingerprint density at radius 3 is 2.50 bits per heavy atom. The Bertz CT molecular complexity index is 623. The fraction of sp³-hybridized carbons (Fsp3) is 0.294. The summed E-state index contributed by atoms with van der Waals surface area (Å²) in [7, 11) is 0. The van der Waals surface area contributed by atoms with Crippen molar-refractivity contribution < 1.29 is 4.74 Å². The van der Waals surface area contributed by atoms with Crippen molar-refractivity contribution in [2.45, 2.75) is 33.9 Å². The van der Waals surface area contributed by atoms with Gasteiger partial charge in [0.2, 0.25) is 0 Å². The molecule has 2 rings (SSSR count). The van der Waals surface area contributed by atoms with E-state index in [1.807, 2.05) is 12.1 Å². The standard InChI is InChI=1S/C17H20BrNO/c1-11-6-12(2)13(3)17(7-11)20-10-15-5-4-14(9-19)8-16(15)18/h4-8H,9-10,19H2,1-3H3. The third kappa shape index (κ3) is 3.41. The van der Waals surface area contributed by atoms with Crippen LogP contribution < -0.4 is 10.5 Å². The summed E-state index contributed by atoms with van der Waals surface area (Å²) in [5.41, 5.74) is 11.6. The van der Waals surface area contributed by atoms with Gasteiger partial charge in [-0.1, -0.05) is 34.1 Å². The first-order chi connectivity index (χ1) is 9.51. The highest BCUT2D eigenvalue weighted by Crippen LogP contribution is 2.26. The van der Waals surface area contributed by atoms with Crippen molar-refractivity contribution in [1.82, 2.24) is 0 Å². The van der Waals surface area contributed by atoms with E-state index < -0.39 is 0 Å². The molecule has 0 saturated heterocycles. The molecule has 2 nitrogen and oxygen atoms in total. The predicted molar refractivity (Wildman–Crippen MR) is 87.0 cm³/mol. The largest absolute Gasteiger partial charge is 0.489 e. The lowest BCUT2D eigenvalue weighted by molar-refractivity contribution is 0.303. The van der Waals surface area contributed by atoms with Crippen LogP contribution in [0.2, 0.25) is 0 Å². The second-order valence-corrected chi connectivity index (χ2v) is 5.98. The predicted octanol–water partition coefficient (Wildman–Crippen LogP) is 4.41. The molecule has 0 amide bonds. The Morgan fingerprint density at radius 2 is 1.85 bits per heavy atom. The topological polar surface area (TPSA) is 35.2 Å². The maximum atomic E-state index is 5.98. The van der Waals surface area contributed by atoms with Crippen LogP contribution in [0.1, 0.15) is 27.8 Å². The molecular weight excluding hydrogens is 314 g/mol. The minimum atomic E-state index is 0.551. The molecule has 106 valence electrons. The van der Waals surface area contributed by atoms with Crippen molar-refractivity contribution in [2.24, 2.45) is 5.73 Å². The Morgan fingerprint density at radius 1 is 1.10 bits per heavy atom. The van der Waals surface area contributed by atoms with E-state index in [-0.39, 0.29) is 0 Å². The molecule has 0 saturated carbocycles. The van der Waals surface area contributed by atoms with Gasteiger partial charge in [-0.05, 0) is 55.2 Å². The van der Waals surface area contributed by atoms with Crippen LogP contribution in [0.15, 0.2) is 34.8 Å². The van der Waals surface area contributed by atoms with E-state index in [0.29, 0.717) is 13.2 Å². The summed E-state index contributed by atoms with van der Waals surface area (Å²) in [5.74, 6) is 0.956. The molecule has 2 aromatic rings. The Hall–Kier alpha value is -1.32. The number of ether oxygens (including phenoxy) is 1. The number of hydrogen-bond acceptors (Lipinski definition) is 2. The zero-order valence-electron chi connectivity index (χ0n) is 12.2. The molecule has 0 unspecified atom stereocenters. The van der Waals surface area contributed by atoms with E-state index in [1.54, 1.807) is 0 Å². The van der Waals surface area contributed by atoms with Gasteiger partial charge < -0.3 is 10.5 Å². The van der Waals surface area contributed by atoms with Gasteiger partial charge in [0.05, 0.1) is 0 Å². The van der Waals surface area contributed by atoms with Crippen molar-refractivity contribution in [3.63, 3.8) is 0 Å². The molecule has 0 spiro atoms. The third-order valence-corrected chi connectivity index (χ3v) is 4.24. The van der Waals surface area contributed by atoms with Crippen molar-refractivity contribution in [2.75, 3.05) is 0 Å². The second kappa shape index (κ2) is 6.42. The maximum absolute atomic E-state index is 5.98. The first kappa shape index (κ1) is 15.1. The number of nitrogens with two attached hydrogens (primary N) is 1. The summed E-state index contributed by atoms with van der Waals surface area (Å²) < 4.78 is 7.02. The molecule has 2 aromatic carbocycles. The minimum Gasteiger partial charge on any atom is -0.489 e. The Labute approximate surface area is 129 Å². The van der Waals surface area contributed by atoms with Gasteiger partial charge in [0.25, 0.3) is 0 Å². The van der Waals surface area contributed by atoms with Gasteiger partial charge in [-0.3, -0.25) is 0 Å². The zero-order chi connectivity index (χ0) is 14.7. The lowest BCUT2D eigenvalue weighted by Crippen LogP contribution is -2.01.